The summed E-state index contributed by atoms with van der Waals surface area (Å²) in [7, 11) is 1.89. The highest BCUT2D eigenvalue weighted by atomic mass is 79.9. The minimum absolute atomic E-state index is 0.0725. The highest BCUT2D eigenvalue weighted by molar-refractivity contribution is 9.10. The molecule has 0 fully saturated rings. The van der Waals surface area contributed by atoms with E-state index in [0.29, 0.717) is 6.54 Å². The first-order chi connectivity index (χ1) is 7.50. The van der Waals surface area contributed by atoms with Crippen LogP contribution in [0.1, 0.15) is 17.1 Å². The van der Waals surface area contributed by atoms with Gasteiger partial charge < -0.3 is 0 Å². The zero-order valence-electron chi connectivity index (χ0n) is 9.32. The van der Waals surface area contributed by atoms with E-state index in [-0.39, 0.29) is 4.87 Å². The van der Waals surface area contributed by atoms with Crippen LogP contribution in [0.2, 0.25) is 0 Å². The van der Waals surface area contributed by atoms with Crippen molar-refractivity contribution in [1.29, 1.82) is 0 Å². The number of hydrogen-bond donors (Lipinski definition) is 0. The van der Waals surface area contributed by atoms with Gasteiger partial charge in [-0.1, -0.05) is 11.3 Å². The Morgan fingerprint density at radius 3 is 2.62 bits per heavy atom. The predicted octanol–water partition coefficient (Wildman–Crippen LogP) is 2.07. The normalized spacial score (nSPS) is 11.0. The molecule has 2 aromatic rings. The average molecular weight is 302 g/mol. The van der Waals surface area contributed by atoms with Gasteiger partial charge in [-0.2, -0.15) is 5.10 Å². The Bertz CT molecular complexity index is 581. The molecule has 2 rings (SSSR count). The smallest absolute Gasteiger partial charge is 0.297 e. The van der Waals surface area contributed by atoms with Gasteiger partial charge in [-0.3, -0.25) is 14.0 Å². The molecule has 86 valence electrons. The molecule has 0 aromatic carbocycles. The molecular weight excluding hydrogens is 290 g/mol. The summed E-state index contributed by atoms with van der Waals surface area (Å²) in [5.41, 5.74) is 2.94. The maximum absolute atomic E-state index is 11.6. The molecule has 0 saturated heterocycles. The van der Waals surface area contributed by atoms with Gasteiger partial charge in [0, 0.05) is 18.1 Å². The lowest BCUT2D eigenvalue weighted by atomic mass is 10.3. The molecular formula is C10H12BrN3OS. The topological polar surface area (TPSA) is 39.8 Å². The molecule has 0 radical (unpaired) electrons. The molecule has 0 unspecified atom stereocenters. The third kappa shape index (κ3) is 1.87. The molecule has 0 aliphatic heterocycles. The van der Waals surface area contributed by atoms with Gasteiger partial charge in [-0.15, -0.1) is 0 Å². The molecule has 0 spiro atoms. The summed E-state index contributed by atoms with van der Waals surface area (Å²) in [4.78, 5) is 11.7. The SMILES string of the molecule is Cc1nn(C)c(Cn2c(C)csc2=O)c1Br. The summed E-state index contributed by atoms with van der Waals surface area (Å²) in [6.45, 7) is 4.44. The monoisotopic (exact) mass is 301 g/mol. The van der Waals surface area contributed by atoms with Crippen LogP contribution in [0.3, 0.4) is 0 Å². The summed E-state index contributed by atoms with van der Waals surface area (Å²) in [5, 5.41) is 6.18. The van der Waals surface area contributed by atoms with Gasteiger partial charge in [0.25, 0.3) is 0 Å². The second kappa shape index (κ2) is 4.18. The Balaban J connectivity index is 2.45. The van der Waals surface area contributed by atoms with E-state index >= 15 is 0 Å². The van der Waals surface area contributed by atoms with Gasteiger partial charge >= 0.3 is 4.87 Å². The van der Waals surface area contributed by atoms with Crippen LogP contribution in [0.25, 0.3) is 0 Å². The van der Waals surface area contributed by atoms with Crippen molar-refractivity contribution in [3.05, 3.63) is 36.6 Å². The van der Waals surface area contributed by atoms with Crippen LogP contribution in [-0.2, 0) is 13.6 Å². The fourth-order valence-corrected chi connectivity index (χ4v) is 2.79. The fourth-order valence-electron chi connectivity index (χ4n) is 1.60. The first-order valence-electron chi connectivity index (χ1n) is 4.83. The third-order valence-corrected chi connectivity index (χ3v) is 4.46. The second-order valence-corrected chi connectivity index (χ2v) is 5.31. The number of rotatable bonds is 2. The summed E-state index contributed by atoms with van der Waals surface area (Å²) in [6, 6.07) is 0. The van der Waals surface area contributed by atoms with E-state index < -0.39 is 0 Å². The summed E-state index contributed by atoms with van der Waals surface area (Å²) in [5.74, 6) is 0. The molecule has 0 aliphatic carbocycles. The zero-order chi connectivity index (χ0) is 11.9. The van der Waals surface area contributed by atoms with E-state index in [1.807, 2.05) is 31.0 Å². The third-order valence-electron chi connectivity index (χ3n) is 2.55. The van der Waals surface area contributed by atoms with Crippen LogP contribution < -0.4 is 4.87 Å². The van der Waals surface area contributed by atoms with E-state index in [1.54, 1.807) is 4.57 Å². The lowest BCUT2D eigenvalue weighted by Gasteiger charge is -2.05. The Hall–Kier alpha value is -0.880. The first-order valence-corrected chi connectivity index (χ1v) is 6.51. The molecule has 0 atom stereocenters. The first kappa shape index (κ1) is 11.6. The van der Waals surface area contributed by atoms with Gasteiger partial charge in [0.2, 0.25) is 0 Å². The molecule has 0 bridgehead atoms. The van der Waals surface area contributed by atoms with Crippen LogP contribution >= 0.6 is 27.3 Å². The number of halogens is 1. The van der Waals surface area contributed by atoms with Crippen molar-refractivity contribution in [3.8, 4) is 0 Å². The van der Waals surface area contributed by atoms with E-state index in [0.717, 1.165) is 21.6 Å². The van der Waals surface area contributed by atoms with Crippen molar-refractivity contribution in [1.82, 2.24) is 14.3 Å². The van der Waals surface area contributed by atoms with Crippen LogP contribution in [0.4, 0.5) is 0 Å². The maximum atomic E-state index is 11.6. The Kier molecular flexibility index (Phi) is 3.03. The number of thiazole rings is 1. The summed E-state index contributed by atoms with van der Waals surface area (Å²) < 4.78 is 4.54. The van der Waals surface area contributed by atoms with Crippen LogP contribution in [0.15, 0.2) is 14.6 Å². The zero-order valence-corrected chi connectivity index (χ0v) is 11.7. The van der Waals surface area contributed by atoms with Crippen molar-refractivity contribution in [3.63, 3.8) is 0 Å². The summed E-state index contributed by atoms with van der Waals surface area (Å²) >= 11 is 4.73. The van der Waals surface area contributed by atoms with Gasteiger partial charge in [0.1, 0.15) is 0 Å². The molecule has 2 aromatic heterocycles. The van der Waals surface area contributed by atoms with Crippen molar-refractivity contribution in [2.24, 2.45) is 7.05 Å². The van der Waals surface area contributed by atoms with Gasteiger partial charge in [0.15, 0.2) is 0 Å². The second-order valence-electron chi connectivity index (χ2n) is 3.70. The lowest BCUT2D eigenvalue weighted by molar-refractivity contribution is 0.648. The van der Waals surface area contributed by atoms with Gasteiger partial charge in [0.05, 0.1) is 22.4 Å². The molecule has 6 heteroatoms. The Labute approximate surface area is 106 Å². The van der Waals surface area contributed by atoms with Crippen LogP contribution in [0, 0.1) is 13.8 Å². The highest BCUT2D eigenvalue weighted by Crippen LogP contribution is 2.21. The van der Waals surface area contributed by atoms with E-state index in [2.05, 4.69) is 21.0 Å². The predicted molar refractivity (Wildman–Crippen MR) is 68.1 cm³/mol. The maximum Gasteiger partial charge on any atom is 0.307 e. The molecule has 16 heavy (non-hydrogen) atoms. The molecule has 0 saturated carbocycles. The summed E-state index contributed by atoms with van der Waals surface area (Å²) in [6.07, 6.45) is 0. The van der Waals surface area contributed by atoms with E-state index in [4.69, 9.17) is 0 Å². The lowest BCUT2D eigenvalue weighted by Crippen LogP contribution is -2.17. The van der Waals surface area contributed by atoms with E-state index in [9.17, 15) is 4.79 Å². The van der Waals surface area contributed by atoms with Crippen molar-refractivity contribution in [2.75, 3.05) is 0 Å². The van der Waals surface area contributed by atoms with Crippen LogP contribution in [-0.4, -0.2) is 14.3 Å². The van der Waals surface area contributed by atoms with Crippen molar-refractivity contribution < 1.29 is 0 Å². The number of nitrogens with zero attached hydrogens (tertiary/aromatic N) is 3. The number of aryl methyl sites for hydroxylation is 3. The van der Waals surface area contributed by atoms with Gasteiger partial charge in [-0.25, -0.2) is 0 Å². The standard InChI is InChI=1S/C10H12BrN3OS/c1-6-5-16-10(15)14(6)4-8-9(11)7(2)12-13(8)3/h5H,4H2,1-3H3. The quantitative estimate of drug-likeness (QED) is 0.852. The molecule has 0 aliphatic rings. The van der Waals surface area contributed by atoms with Gasteiger partial charge in [-0.05, 0) is 29.8 Å². The van der Waals surface area contributed by atoms with Crippen molar-refractivity contribution >= 4 is 27.3 Å². The average Bonchev–Trinajstić information content (AvgIpc) is 2.65. The highest BCUT2D eigenvalue weighted by Gasteiger charge is 2.13. The largest absolute Gasteiger partial charge is 0.307 e. The fraction of sp³-hybridized carbons (Fsp3) is 0.400. The molecule has 0 N–H and O–H groups in total. The molecule has 0 amide bonds. The Morgan fingerprint density at radius 1 is 1.50 bits per heavy atom. The minimum atomic E-state index is 0.0725. The number of hydrogen-bond acceptors (Lipinski definition) is 3. The molecule has 2 heterocycles. The van der Waals surface area contributed by atoms with Crippen molar-refractivity contribution in [2.45, 2.75) is 20.4 Å². The Morgan fingerprint density at radius 2 is 2.19 bits per heavy atom. The molecule has 4 nitrogen and oxygen atoms in total. The van der Waals surface area contributed by atoms with E-state index in [1.165, 1.54) is 11.3 Å². The minimum Gasteiger partial charge on any atom is -0.297 e. The van der Waals surface area contributed by atoms with Crippen LogP contribution in [0.5, 0.6) is 0 Å². The number of aromatic nitrogens is 3.